The molecule has 0 saturated carbocycles. The minimum absolute atomic E-state index is 0.204. The molecule has 1 aliphatic heterocycles. The first kappa shape index (κ1) is 17.1. The Labute approximate surface area is 146 Å². The number of carbonyl (C=O) groups excluding carboxylic acids is 1. The van der Waals surface area contributed by atoms with Crippen molar-refractivity contribution >= 4 is 11.9 Å². The van der Waals surface area contributed by atoms with E-state index in [4.69, 9.17) is 0 Å². The van der Waals surface area contributed by atoms with Crippen LogP contribution in [0.3, 0.4) is 0 Å². The Kier molecular flexibility index (Phi) is 4.53. The van der Waals surface area contributed by atoms with E-state index in [1.54, 1.807) is 24.9 Å². The average molecular weight is 339 g/mol. The summed E-state index contributed by atoms with van der Waals surface area (Å²) in [6.45, 7) is 4.24. The molecule has 130 valence electrons. The third-order valence-electron chi connectivity index (χ3n) is 4.74. The standard InChI is InChI=1S/C19H21N3O3/c1-13-15(11-20-16(21-13)14-7-4-3-5-8-14)17(23)22-10-6-9-19(2,12-22)18(24)25/h3-5,7-8,11H,6,9-10,12H2,1-2H3,(H,24,25). The number of rotatable bonds is 3. The summed E-state index contributed by atoms with van der Waals surface area (Å²) in [4.78, 5) is 34.7. The molecule has 0 aliphatic carbocycles. The van der Waals surface area contributed by atoms with Crippen LogP contribution in [0.5, 0.6) is 0 Å². The number of carboxylic acid groups (broad SMARTS) is 1. The summed E-state index contributed by atoms with van der Waals surface area (Å²) < 4.78 is 0. The Balaban J connectivity index is 1.84. The van der Waals surface area contributed by atoms with E-state index < -0.39 is 11.4 Å². The fraction of sp³-hybridized carbons (Fsp3) is 0.368. The number of hydrogen-bond donors (Lipinski definition) is 1. The molecule has 6 nitrogen and oxygen atoms in total. The van der Waals surface area contributed by atoms with Crippen molar-refractivity contribution in [2.75, 3.05) is 13.1 Å². The number of carboxylic acids is 1. The monoisotopic (exact) mass is 339 g/mol. The topological polar surface area (TPSA) is 83.4 Å². The molecule has 3 rings (SSSR count). The summed E-state index contributed by atoms with van der Waals surface area (Å²) in [7, 11) is 0. The highest BCUT2D eigenvalue weighted by atomic mass is 16.4. The summed E-state index contributed by atoms with van der Waals surface area (Å²) >= 11 is 0. The Hall–Kier alpha value is -2.76. The van der Waals surface area contributed by atoms with E-state index in [-0.39, 0.29) is 12.5 Å². The van der Waals surface area contributed by atoms with Gasteiger partial charge in [-0.25, -0.2) is 9.97 Å². The molecule has 0 spiro atoms. The fourth-order valence-corrected chi connectivity index (χ4v) is 3.16. The number of nitrogens with zero attached hydrogens (tertiary/aromatic N) is 3. The second-order valence-electron chi connectivity index (χ2n) is 6.75. The van der Waals surface area contributed by atoms with Crippen LogP contribution in [0.4, 0.5) is 0 Å². The molecule has 25 heavy (non-hydrogen) atoms. The van der Waals surface area contributed by atoms with Crippen LogP contribution >= 0.6 is 0 Å². The highest BCUT2D eigenvalue weighted by molar-refractivity contribution is 5.95. The smallest absolute Gasteiger partial charge is 0.311 e. The number of amides is 1. The van der Waals surface area contributed by atoms with Crippen molar-refractivity contribution in [3.8, 4) is 11.4 Å². The highest BCUT2D eigenvalue weighted by Crippen LogP contribution is 2.30. The molecule has 0 bridgehead atoms. The first-order valence-electron chi connectivity index (χ1n) is 8.32. The molecule has 1 unspecified atom stereocenters. The lowest BCUT2D eigenvalue weighted by molar-refractivity contribution is -0.150. The zero-order valence-corrected chi connectivity index (χ0v) is 14.4. The van der Waals surface area contributed by atoms with Gasteiger partial charge < -0.3 is 10.0 Å². The van der Waals surface area contributed by atoms with Gasteiger partial charge in [-0.3, -0.25) is 9.59 Å². The van der Waals surface area contributed by atoms with Gasteiger partial charge in [-0.15, -0.1) is 0 Å². The van der Waals surface area contributed by atoms with E-state index in [0.29, 0.717) is 36.5 Å². The number of aromatic nitrogens is 2. The largest absolute Gasteiger partial charge is 0.481 e. The van der Waals surface area contributed by atoms with Crippen LogP contribution in [0.15, 0.2) is 36.5 Å². The summed E-state index contributed by atoms with van der Waals surface area (Å²) in [5.41, 5.74) is 1.02. The number of carbonyl (C=O) groups is 2. The molecule has 1 N–H and O–H groups in total. The molecule has 2 heterocycles. The zero-order valence-electron chi connectivity index (χ0n) is 14.4. The van der Waals surface area contributed by atoms with E-state index in [9.17, 15) is 14.7 Å². The van der Waals surface area contributed by atoms with Gasteiger partial charge in [0.15, 0.2) is 5.82 Å². The van der Waals surface area contributed by atoms with Crippen molar-refractivity contribution in [3.05, 3.63) is 47.8 Å². The lowest BCUT2D eigenvalue weighted by atomic mass is 9.82. The van der Waals surface area contributed by atoms with Gasteiger partial charge >= 0.3 is 5.97 Å². The average Bonchev–Trinajstić information content (AvgIpc) is 2.62. The van der Waals surface area contributed by atoms with Gasteiger partial charge in [0.05, 0.1) is 16.7 Å². The second-order valence-corrected chi connectivity index (χ2v) is 6.75. The third kappa shape index (κ3) is 3.38. The molecule has 1 aliphatic rings. The van der Waals surface area contributed by atoms with E-state index in [1.807, 2.05) is 30.3 Å². The number of hydrogen-bond acceptors (Lipinski definition) is 4. The maximum atomic E-state index is 12.8. The van der Waals surface area contributed by atoms with Crippen LogP contribution in [-0.4, -0.2) is 44.9 Å². The van der Waals surface area contributed by atoms with Crippen LogP contribution in [0, 0.1) is 12.3 Å². The number of likely N-dealkylation sites (tertiary alicyclic amines) is 1. The van der Waals surface area contributed by atoms with Gasteiger partial charge in [0.1, 0.15) is 0 Å². The minimum atomic E-state index is -0.896. The Morgan fingerprint density at radius 2 is 1.96 bits per heavy atom. The first-order valence-corrected chi connectivity index (χ1v) is 8.32. The Morgan fingerprint density at radius 1 is 1.24 bits per heavy atom. The van der Waals surface area contributed by atoms with Crippen LogP contribution in [-0.2, 0) is 4.79 Å². The lowest BCUT2D eigenvalue weighted by Gasteiger charge is -2.37. The van der Waals surface area contributed by atoms with Gasteiger partial charge in [0.25, 0.3) is 5.91 Å². The molecule has 1 aromatic heterocycles. The van der Waals surface area contributed by atoms with E-state index in [1.165, 1.54) is 0 Å². The van der Waals surface area contributed by atoms with Gasteiger partial charge in [0.2, 0.25) is 0 Å². The molecule has 1 aromatic carbocycles. The molecular formula is C19H21N3O3. The molecule has 1 atom stereocenters. The van der Waals surface area contributed by atoms with Crippen LogP contribution < -0.4 is 0 Å². The zero-order chi connectivity index (χ0) is 18.0. The molecule has 0 radical (unpaired) electrons. The van der Waals surface area contributed by atoms with Crippen molar-refractivity contribution in [1.29, 1.82) is 0 Å². The number of aliphatic carboxylic acids is 1. The predicted molar refractivity (Wildman–Crippen MR) is 93.1 cm³/mol. The minimum Gasteiger partial charge on any atom is -0.481 e. The Morgan fingerprint density at radius 3 is 2.60 bits per heavy atom. The van der Waals surface area contributed by atoms with E-state index in [2.05, 4.69) is 9.97 Å². The molecule has 1 amide bonds. The van der Waals surface area contributed by atoms with Crippen molar-refractivity contribution < 1.29 is 14.7 Å². The van der Waals surface area contributed by atoms with Crippen molar-refractivity contribution in [1.82, 2.24) is 14.9 Å². The van der Waals surface area contributed by atoms with Gasteiger partial charge in [-0.2, -0.15) is 0 Å². The number of piperidine rings is 1. The van der Waals surface area contributed by atoms with Crippen LogP contribution in [0.2, 0.25) is 0 Å². The van der Waals surface area contributed by atoms with Crippen molar-refractivity contribution in [2.45, 2.75) is 26.7 Å². The molecular weight excluding hydrogens is 318 g/mol. The van der Waals surface area contributed by atoms with Crippen LogP contribution in [0.25, 0.3) is 11.4 Å². The first-order chi connectivity index (χ1) is 11.9. The molecule has 1 fully saturated rings. The summed E-state index contributed by atoms with van der Waals surface area (Å²) in [6, 6.07) is 9.57. The fourth-order valence-electron chi connectivity index (χ4n) is 3.16. The summed E-state index contributed by atoms with van der Waals surface area (Å²) in [5.74, 6) is -0.495. The second kappa shape index (κ2) is 6.63. The molecule has 1 saturated heterocycles. The molecule has 6 heteroatoms. The maximum Gasteiger partial charge on any atom is 0.311 e. The third-order valence-corrected chi connectivity index (χ3v) is 4.74. The van der Waals surface area contributed by atoms with Crippen molar-refractivity contribution in [3.63, 3.8) is 0 Å². The normalized spacial score (nSPS) is 20.3. The highest BCUT2D eigenvalue weighted by Gasteiger charge is 2.39. The quantitative estimate of drug-likeness (QED) is 0.929. The Bertz CT molecular complexity index is 807. The summed E-state index contributed by atoms with van der Waals surface area (Å²) in [5, 5.41) is 9.42. The van der Waals surface area contributed by atoms with Crippen molar-refractivity contribution in [2.24, 2.45) is 5.41 Å². The van der Waals surface area contributed by atoms with Crippen LogP contribution in [0.1, 0.15) is 35.8 Å². The van der Waals surface area contributed by atoms with E-state index >= 15 is 0 Å². The van der Waals surface area contributed by atoms with Gasteiger partial charge in [-0.1, -0.05) is 30.3 Å². The number of aryl methyl sites for hydroxylation is 1. The van der Waals surface area contributed by atoms with E-state index in [0.717, 1.165) is 5.56 Å². The lowest BCUT2D eigenvalue weighted by Crippen LogP contribution is -2.48. The summed E-state index contributed by atoms with van der Waals surface area (Å²) in [6.07, 6.45) is 2.80. The van der Waals surface area contributed by atoms with Gasteiger partial charge in [0, 0.05) is 24.8 Å². The predicted octanol–water partition coefficient (Wildman–Crippen LogP) is 2.78. The molecule has 2 aromatic rings. The van der Waals surface area contributed by atoms with Gasteiger partial charge in [-0.05, 0) is 26.7 Å². The SMILES string of the molecule is Cc1nc(-c2ccccc2)ncc1C(=O)N1CCCC(C)(C(=O)O)C1. The maximum absolute atomic E-state index is 12.8. The number of benzene rings is 1.